The smallest absolute Gasteiger partial charge is 0.177 e. The van der Waals surface area contributed by atoms with Gasteiger partial charge in [0.05, 0.1) is 11.8 Å². The zero-order chi connectivity index (χ0) is 15.0. The van der Waals surface area contributed by atoms with Crippen molar-refractivity contribution in [3.63, 3.8) is 0 Å². The van der Waals surface area contributed by atoms with Crippen molar-refractivity contribution in [2.24, 2.45) is 0 Å². The van der Waals surface area contributed by atoms with Crippen molar-refractivity contribution in [1.29, 1.82) is 0 Å². The van der Waals surface area contributed by atoms with Crippen LogP contribution in [0.2, 0.25) is 0 Å². The molecule has 0 saturated heterocycles. The lowest BCUT2D eigenvalue weighted by Gasteiger charge is -2.08. The van der Waals surface area contributed by atoms with Crippen LogP contribution in [0.25, 0.3) is 11.2 Å². The lowest BCUT2D eigenvalue weighted by Crippen LogP contribution is -1.99. The van der Waals surface area contributed by atoms with Crippen LogP contribution in [-0.2, 0) is 0 Å². The Kier molecular flexibility index (Phi) is 8.43. The van der Waals surface area contributed by atoms with E-state index in [0.717, 1.165) is 16.9 Å². The van der Waals surface area contributed by atoms with E-state index in [1.165, 1.54) is 0 Å². The van der Waals surface area contributed by atoms with Crippen molar-refractivity contribution in [3.8, 4) is 0 Å². The molecule has 0 spiro atoms. The quantitative estimate of drug-likeness (QED) is 0.628. The lowest BCUT2D eigenvalue weighted by atomic mass is 10.1. The molecule has 2 aromatic heterocycles. The normalized spacial score (nSPS) is 10.0. The van der Waals surface area contributed by atoms with Crippen molar-refractivity contribution < 1.29 is 4.55 Å². The molecule has 19 heavy (non-hydrogen) atoms. The number of nitrogens with zero attached hydrogens (tertiary/aromatic N) is 3. The fourth-order valence-electron chi connectivity index (χ4n) is 1.66. The van der Waals surface area contributed by atoms with Crippen LogP contribution in [0.3, 0.4) is 0 Å². The maximum Gasteiger partial charge on any atom is 0.177 e. The molecule has 2 rings (SSSR count). The SMILES string of the molecule is CC.CC(C)c1ccc2c(ncn2C(C)C)n1.OS. The molecular formula is C14H25N3OS. The lowest BCUT2D eigenvalue weighted by molar-refractivity contribution is 0.617. The molecule has 0 fully saturated rings. The van der Waals surface area contributed by atoms with Crippen LogP contribution in [-0.4, -0.2) is 19.1 Å². The third-order valence-corrected chi connectivity index (χ3v) is 2.61. The summed E-state index contributed by atoms with van der Waals surface area (Å²) in [5.41, 5.74) is 3.08. The first kappa shape index (κ1) is 17.9. The summed E-state index contributed by atoms with van der Waals surface area (Å²) in [4.78, 5) is 8.88. The molecule has 0 saturated carbocycles. The van der Waals surface area contributed by atoms with E-state index < -0.39 is 0 Å². The van der Waals surface area contributed by atoms with Crippen LogP contribution >= 0.6 is 12.9 Å². The monoisotopic (exact) mass is 283 g/mol. The van der Waals surface area contributed by atoms with Crippen LogP contribution in [0, 0.1) is 0 Å². The molecule has 0 bridgehead atoms. The Bertz CT molecular complexity index is 480. The van der Waals surface area contributed by atoms with Crippen LogP contribution in [0.4, 0.5) is 0 Å². The van der Waals surface area contributed by atoms with Gasteiger partial charge in [0.1, 0.15) is 0 Å². The summed E-state index contributed by atoms with van der Waals surface area (Å²) < 4.78 is 8.84. The Morgan fingerprint density at radius 3 is 2.16 bits per heavy atom. The molecule has 0 radical (unpaired) electrons. The van der Waals surface area contributed by atoms with Gasteiger partial charge in [-0.05, 0) is 44.8 Å². The molecule has 1 N–H and O–H groups in total. The minimum absolute atomic E-state index is 0.432. The molecule has 108 valence electrons. The zero-order valence-electron chi connectivity index (χ0n) is 12.6. The number of rotatable bonds is 2. The maximum atomic E-state index is 6.69. The van der Waals surface area contributed by atoms with E-state index in [0.29, 0.717) is 12.0 Å². The van der Waals surface area contributed by atoms with Gasteiger partial charge in [-0.2, -0.15) is 0 Å². The molecular weight excluding hydrogens is 258 g/mol. The van der Waals surface area contributed by atoms with Gasteiger partial charge < -0.3 is 9.12 Å². The molecule has 2 aromatic rings. The molecule has 0 unspecified atom stereocenters. The summed E-state index contributed by atoms with van der Waals surface area (Å²) in [5, 5.41) is 0. The highest BCUT2D eigenvalue weighted by molar-refractivity contribution is 7.74. The number of hydrogen-bond acceptors (Lipinski definition) is 4. The van der Waals surface area contributed by atoms with Gasteiger partial charge in [-0.15, -0.1) is 0 Å². The second-order valence-corrected chi connectivity index (χ2v) is 4.48. The number of pyridine rings is 1. The van der Waals surface area contributed by atoms with E-state index in [9.17, 15) is 0 Å². The largest absolute Gasteiger partial charge is 0.333 e. The minimum Gasteiger partial charge on any atom is -0.333 e. The molecule has 0 aliphatic rings. The molecule has 2 heterocycles. The van der Waals surface area contributed by atoms with Gasteiger partial charge in [-0.3, -0.25) is 0 Å². The van der Waals surface area contributed by atoms with Crippen molar-refractivity contribution in [3.05, 3.63) is 24.2 Å². The first-order valence-electron chi connectivity index (χ1n) is 6.63. The Morgan fingerprint density at radius 2 is 1.68 bits per heavy atom. The third kappa shape index (κ3) is 4.51. The first-order chi connectivity index (χ1) is 9.09. The first-order valence-corrected chi connectivity index (χ1v) is 7.03. The maximum absolute atomic E-state index is 6.69. The van der Waals surface area contributed by atoms with Gasteiger partial charge in [0, 0.05) is 11.7 Å². The highest BCUT2D eigenvalue weighted by Crippen LogP contribution is 2.19. The van der Waals surface area contributed by atoms with Gasteiger partial charge >= 0.3 is 0 Å². The highest BCUT2D eigenvalue weighted by Gasteiger charge is 2.08. The topological polar surface area (TPSA) is 50.9 Å². The number of thiol groups is 1. The van der Waals surface area contributed by atoms with Crippen molar-refractivity contribution in [2.75, 3.05) is 0 Å². The van der Waals surface area contributed by atoms with Crippen LogP contribution in [0.1, 0.15) is 59.2 Å². The molecule has 4 nitrogen and oxygen atoms in total. The van der Waals surface area contributed by atoms with E-state index in [4.69, 9.17) is 4.55 Å². The predicted octanol–water partition coefficient (Wildman–Crippen LogP) is 4.55. The predicted molar refractivity (Wildman–Crippen MR) is 85.0 cm³/mol. The van der Waals surface area contributed by atoms with Crippen LogP contribution < -0.4 is 0 Å². The van der Waals surface area contributed by atoms with Crippen molar-refractivity contribution in [1.82, 2.24) is 14.5 Å². The summed E-state index contributed by atoms with van der Waals surface area (Å²) in [7, 11) is 0. The Morgan fingerprint density at radius 1 is 1.11 bits per heavy atom. The fourth-order valence-corrected chi connectivity index (χ4v) is 1.66. The van der Waals surface area contributed by atoms with Crippen LogP contribution in [0.5, 0.6) is 0 Å². The summed E-state index contributed by atoms with van der Waals surface area (Å²) in [6.07, 6.45) is 1.87. The molecule has 0 atom stereocenters. The second kappa shape index (κ2) is 8.93. The van der Waals surface area contributed by atoms with Gasteiger partial charge in [-0.1, -0.05) is 27.7 Å². The van der Waals surface area contributed by atoms with E-state index in [1.54, 1.807) is 0 Å². The summed E-state index contributed by atoms with van der Waals surface area (Å²) >= 11 is 2.53. The number of hydrogen-bond donors (Lipinski definition) is 2. The third-order valence-electron chi connectivity index (χ3n) is 2.61. The van der Waals surface area contributed by atoms with E-state index in [1.807, 2.05) is 20.2 Å². The second-order valence-electron chi connectivity index (χ2n) is 4.48. The van der Waals surface area contributed by atoms with Crippen molar-refractivity contribution >= 4 is 24.1 Å². The summed E-state index contributed by atoms with van der Waals surface area (Å²) in [6.45, 7) is 12.6. The Balaban J connectivity index is 0.000000741. The standard InChI is InChI=1S/C12H17N3.C2H6.H2OS/c1-8(2)10-5-6-11-12(14-10)13-7-15(11)9(3)4;2*1-2/h5-9H,1-4H3;1-2H3;1-2H. The zero-order valence-corrected chi connectivity index (χ0v) is 13.5. The average molecular weight is 283 g/mol. The summed E-state index contributed by atoms with van der Waals surface area (Å²) in [6, 6.07) is 4.64. The van der Waals surface area contributed by atoms with E-state index in [2.05, 4.69) is 67.3 Å². The Hall–Kier alpha value is -1.07. The van der Waals surface area contributed by atoms with Gasteiger partial charge in [0.2, 0.25) is 0 Å². The van der Waals surface area contributed by atoms with Gasteiger partial charge in [0.15, 0.2) is 5.65 Å². The number of imidazole rings is 1. The minimum atomic E-state index is 0.432. The molecule has 5 heteroatoms. The van der Waals surface area contributed by atoms with Gasteiger partial charge in [0.25, 0.3) is 0 Å². The van der Waals surface area contributed by atoms with E-state index >= 15 is 0 Å². The van der Waals surface area contributed by atoms with E-state index in [-0.39, 0.29) is 0 Å². The van der Waals surface area contributed by atoms with Gasteiger partial charge in [-0.25, -0.2) is 9.97 Å². The van der Waals surface area contributed by atoms with Crippen LogP contribution in [0.15, 0.2) is 18.5 Å². The average Bonchev–Trinajstić information content (AvgIpc) is 2.86. The molecule has 0 aromatic carbocycles. The number of aromatic nitrogens is 3. The summed E-state index contributed by atoms with van der Waals surface area (Å²) in [5.74, 6) is 0.457. The molecule has 0 amide bonds. The Labute approximate surface area is 121 Å². The molecule has 0 aliphatic carbocycles. The fraction of sp³-hybridized carbons (Fsp3) is 0.571. The van der Waals surface area contributed by atoms with Crippen molar-refractivity contribution in [2.45, 2.75) is 53.5 Å². The molecule has 0 aliphatic heterocycles. The highest BCUT2D eigenvalue weighted by atomic mass is 32.1. The number of fused-ring (bicyclic) bond motifs is 1.